The molecule has 0 spiro atoms. The molecule has 4 heteroatoms. The predicted octanol–water partition coefficient (Wildman–Crippen LogP) is 3.47. The van der Waals surface area contributed by atoms with Gasteiger partial charge in [-0.15, -0.1) is 0 Å². The molecule has 1 aromatic carbocycles. The molecule has 1 rings (SSSR count). The van der Waals surface area contributed by atoms with E-state index in [4.69, 9.17) is 10.9 Å². The van der Waals surface area contributed by atoms with Gasteiger partial charge in [0, 0.05) is 6.54 Å². The Bertz CT molecular complexity index is 392. The quantitative estimate of drug-likeness (QED) is 0.192. The van der Waals surface area contributed by atoms with E-state index < -0.39 is 0 Å². The fourth-order valence-electron chi connectivity index (χ4n) is 2.42. The molecule has 0 saturated heterocycles. The van der Waals surface area contributed by atoms with Gasteiger partial charge < -0.3 is 16.3 Å². The zero-order chi connectivity index (χ0) is 15.3. The molecule has 0 heterocycles. The van der Waals surface area contributed by atoms with Gasteiger partial charge in [0.1, 0.15) is 5.84 Å². The molecular weight excluding hydrogens is 262 g/mol. The lowest BCUT2D eigenvalue weighted by Crippen LogP contribution is -2.32. The number of hydrogen-bond donors (Lipinski definition) is 3. The van der Waals surface area contributed by atoms with Crippen molar-refractivity contribution in [1.82, 2.24) is 5.32 Å². The number of nitrogens with one attached hydrogen (secondary N) is 1. The molecule has 1 aromatic rings. The Hall–Kier alpha value is -1.55. The van der Waals surface area contributed by atoms with E-state index in [0.717, 1.165) is 12.1 Å². The van der Waals surface area contributed by atoms with Crippen LogP contribution >= 0.6 is 0 Å². The highest BCUT2D eigenvalue weighted by Gasteiger charge is 2.15. The van der Waals surface area contributed by atoms with Gasteiger partial charge in [-0.2, -0.15) is 0 Å². The molecule has 0 aromatic heterocycles. The number of nitrogens with two attached hydrogens (primary N) is 1. The van der Waals surface area contributed by atoms with Crippen LogP contribution < -0.4 is 11.1 Å². The first kappa shape index (κ1) is 17.5. The Morgan fingerprint density at radius 2 is 1.81 bits per heavy atom. The third-order valence-corrected chi connectivity index (χ3v) is 3.73. The molecule has 4 nitrogen and oxygen atoms in total. The Morgan fingerprint density at radius 3 is 2.48 bits per heavy atom. The molecule has 1 unspecified atom stereocenters. The second-order valence-electron chi connectivity index (χ2n) is 5.46. The van der Waals surface area contributed by atoms with Crippen molar-refractivity contribution in [2.75, 3.05) is 13.1 Å². The summed E-state index contributed by atoms with van der Waals surface area (Å²) in [5.41, 5.74) is 6.88. The summed E-state index contributed by atoms with van der Waals surface area (Å²) in [7, 11) is 0. The van der Waals surface area contributed by atoms with E-state index in [-0.39, 0.29) is 11.8 Å². The zero-order valence-electron chi connectivity index (χ0n) is 13.1. The number of benzene rings is 1. The number of nitrogens with zero attached hydrogens (tertiary/aromatic N) is 1. The lowest BCUT2D eigenvalue weighted by molar-refractivity contribution is 0.315. The van der Waals surface area contributed by atoms with Crippen molar-refractivity contribution in [2.24, 2.45) is 10.9 Å². The normalized spacial score (nSPS) is 13.3. The van der Waals surface area contributed by atoms with Gasteiger partial charge in [0.25, 0.3) is 0 Å². The van der Waals surface area contributed by atoms with Crippen molar-refractivity contribution >= 4 is 5.84 Å². The first-order valence-corrected chi connectivity index (χ1v) is 8.02. The second kappa shape index (κ2) is 11.1. The van der Waals surface area contributed by atoms with Crippen LogP contribution in [0.1, 0.15) is 56.9 Å². The van der Waals surface area contributed by atoms with Crippen molar-refractivity contribution < 1.29 is 5.21 Å². The maximum Gasteiger partial charge on any atom is 0.147 e. The summed E-state index contributed by atoms with van der Waals surface area (Å²) in [5.74, 6) is 0.188. The standard InChI is InChI=1S/C17H29N3O/c1-2-3-4-5-6-10-13-19-14-16(17(18)20-21)15-11-8-7-9-12-15/h7-9,11-12,16,19,21H,2-6,10,13-14H2,1H3,(H2,18,20). The minimum Gasteiger partial charge on any atom is -0.409 e. The number of rotatable bonds is 11. The summed E-state index contributed by atoms with van der Waals surface area (Å²) in [6.45, 7) is 3.92. The smallest absolute Gasteiger partial charge is 0.147 e. The Morgan fingerprint density at radius 1 is 1.14 bits per heavy atom. The van der Waals surface area contributed by atoms with Gasteiger partial charge in [-0.3, -0.25) is 0 Å². The van der Waals surface area contributed by atoms with Gasteiger partial charge in [0.15, 0.2) is 0 Å². The van der Waals surface area contributed by atoms with Crippen LogP contribution in [0.2, 0.25) is 0 Å². The van der Waals surface area contributed by atoms with Crippen LogP contribution in [0.3, 0.4) is 0 Å². The molecule has 0 aliphatic heterocycles. The van der Waals surface area contributed by atoms with Gasteiger partial charge >= 0.3 is 0 Å². The molecule has 0 aliphatic rings. The van der Waals surface area contributed by atoms with E-state index in [1.807, 2.05) is 30.3 Å². The van der Waals surface area contributed by atoms with E-state index in [1.165, 1.54) is 38.5 Å². The first-order chi connectivity index (χ1) is 10.3. The summed E-state index contributed by atoms with van der Waals surface area (Å²) in [5, 5.41) is 15.5. The molecule has 0 aliphatic carbocycles. The fourth-order valence-corrected chi connectivity index (χ4v) is 2.42. The van der Waals surface area contributed by atoms with Crippen molar-refractivity contribution in [3.8, 4) is 0 Å². The summed E-state index contributed by atoms with van der Waals surface area (Å²) in [4.78, 5) is 0. The van der Waals surface area contributed by atoms with Crippen molar-refractivity contribution in [2.45, 2.75) is 51.4 Å². The van der Waals surface area contributed by atoms with Gasteiger partial charge in [-0.05, 0) is 18.5 Å². The number of unbranched alkanes of at least 4 members (excludes halogenated alkanes) is 5. The summed E-state index contributed by atoms with van der Waals surface area (Å²) >= 11 is 0. The predicted molar refractivity (Wildman–Crippen MR) is 88.8 cm³/mol. The average molecular weight is 291 g/mol. The lowest BCUT2D eigenvalue weighted by atomic mass is 9.98. The highest BCUT2D eigenvalue weighted by molar-refractivity contribution is 5.87. The largest absolute Gasteiger partial charge is 0.409 e. The van der Waals surface area contributed by atoms with Crippen LogP contribution in [0.25, 0.3) is 0 Å². The molecule has 0 saturated carbocycles. The Labute approximate surface area is 128 Å². The third-order valence-electron chi connectivity index (χ3n) is 3.73. The first-order valence-electron chi connectivity index (χ1n) is 8.02. The van der Waals surface area contributed by atoms with Gasteiger partial charge in [-0.25, -0.2) is 0 Å². The van der Waals surface area contributed by atoms with Crippen molar-refractivity contribution in [1.29, 1.82) is 0 Å². The van der Waals surface area contributed by atoms with E-state index >= 15 is 0 Å². The highest BCUT2D eigenvalue weighted by Crippen LogP contribution is 2.14. The fraction of sp³-hybridized carbons (Fsp3) is 0.588. The van der Waals surface area contributed by atoms with Crippen molar-refractivity contribution in [3.63, 3.8) is 0 Å². The summed E-state index contributed by atoms with van der Waals surface area (Å²) in [6, 6.07) is 9.93. The lowest BCUT2D eigenvalue weighted by Gasteiger charge is -2.16. The topological polar surface area (TPSA) is 70.6 Å². The minimum atomic E-state index is -0.0729. The SMILES string of the molecule is CCCCCCCCNCC(/C(N)=N/O)c1ccccc1. The molecule has 0 bridgehead atoms. The molecule has 118 valence electrons. The molecule has 1 atom stereocenters. The molecule has 0 fully saturated rings. The molecule has 4 N–H and O–H groups in total. The maximum absolute atomic E-state index is 8.92. The van der Waals surface area contributed by atoms with Crippen LogP contribution in [0, 0.1) is 0 Å². The van der Waals surface area contributed by atoms with E-state index in [0.29, 0.717) is 6.54 Å². The zero-order valence-corrected chi connectivity index (χ0v) is 13.1. The molecule has 0 amide bonds. The average Bonchev–Trinajstić information content (AvgIpc) is 2.53. The van der Waals surface area contributed by atoms with Gasteiger partial charge in [0.2, 0.25) is 0 Å². The van der Waals surface area contributed by atoms with Crippen LogP contribution in [0.15, 0.2) is 35.5 Å². The Balaban J connectivity index is 2.29. The Kier molecular flexibility index (Phi) is 9.29. The van der Waals surface area contributed by atoms with Gasteiger partial charge in [0.05, 0.1) is 5.92 Å². The highest BCUT2D eigenvalue weighted by atomic mass is 16.4. The summed E-state index contributed by atoms with van der Waals surface area (Å²) in [6.07, 6.45) is 7.74. The van der Waals surface area contributed by atoms with E-state index in [2.05, 4.69) is 17.4 Å². The van der Waals surface area contributed by atoms with Gasteiger partial charge in [-0.1, -0.05) is 74.5 Å². The van der Waals surface area contributed by atoms with E-state index in [9.17, 15) is 0 Å². The number of oxime groups is 1. The van der Waals surface area contributed by atoms with E-state index in [1.54, 1.807) is 0 Å². The molecule has 0 radical (unpaired) electrons. The minimum absolute atomic E-state index is 0.0729. The van der Waals surface area contributed by atoms with Crippen LogP contribution in [-0.2, 0) is 0 Å². The number of hydrogen-bond acceptors (Lipinski definition) is 3. The third kappa shape index (κ3) is 7.14. The second-order valence-corrected chi connectivity index (χ2v) is 5.46. The molecular formula is C17H29N3O. The van der Waals surface area contributed by atoms with Crippen LogP contribution in [0.5, 0.6) is 0 Å². The maximum atomic E-state index is 8.92. The number of amidine groups is 1. The van der Waals surface area contributed by atoms with Crippen LogP contribution in [-0.4, -0.2) is 24.1 Å². The van der Waals surface area contributed by atoms with Crippen LogP contribution in [0.4, 0.5) is 0 Å². The van der Waals surface area contributed by atoms with Crippen molar-refractivity contribution in [3.05, 3.63) is 35.9 Å². The molecule has 21 heavy (non-hydrogen) atoms. The summed E-state index contributed by atoms with van der Waals surface area (Å²) < 4.78 is 0. The monoisotopic (exact) mass is 291 g/mol.